The van der Waals surface area contributed by atoms with Crippen LogP contribution in [0.1, 0.15) is 38.8 Å². The summed E-state index contributed by atoms with van der Waals surface area (Å²) in [4.78, 5) is 14.9. The molecular formula is C17H25ClN2O. The van der Waals surface area contributed by atoms with Crippen molar-refractivity contribution in [3.8, 4) is 0 Å². The first-order valence-corrected chi connectivity index (χ1v) is 8.00. The molecule has 1 heterocycles. The van der Waals surface area contributed by atoms with Crippen LogP contribution in [0, 0.1) is 11.3 Å². The van der Waals surface area contributed by atoms with Gasteiger partial charge in [0.2, 0.25) is 5.91 Å². The van der Waals surface area contributed by atoms with Gasteiger partial charge in [0.1, 0.15) is 0 Å². The van der Waals surface area contributed by atoms with Gasteiger partial charge < -0.3 is 10.2 Å². The standard InChI is InChI=1S/C17H25ClN2O/c1-12(2)17(9-10-19-11-17)16(21)20(4)13(3)14-5-7-15(18)8-6-14/h5-8,12-13,19H,9-11H2,1-4H3. The SMILES string of the molecule is CC(c1ccc(Cl)cc1)N(C)C(=O)C1(C(C)C)CCNC1. The summed E-state index contributed by atoms with van der Waals surface area (Å²) in [6.45, 7) is 8.06. The molecule has 0 saturated carbocycles. The summed E-state index contributed by atoms with van der Waals surface area (Å²) in [7, 11) is 1.91. The predicted octanol–water partition coefficient (Wildman–Crippen LogP) is 3.50. The normalized spacial score (nSPS) is 23.3. The van der Waals surface area contributed by atoms with Crippen molar-refractivity contribution in [1.82, 2.24) is 10.2 Å². The van der Waals surface area contributed by atoms with Crippen LogP contribution in [0.15, 0.2) is 24.3 Å². The van der Waals surface area contributed by atoms with Crippen LogP contribution < -0.4 is 5.32 Å². The average Bonchev–Trinajstić information content (AvgIpc) is 2.96. The van der Waals surface area contributed by atoms with E-state index in [2.05, 4.69) is 26.1 Å². The minimum absolute atomic E-state index is 0.0472. The Hall–Kier alpha value is -1.06. The van der Waals surface area contributed by atoms with Crippen LogP contribution >= 0.6 is 11.6 Å². The van der Waals surface area contributed by atoms with Crippen molar-refractivity contribution in [1.29, 1.82) is 0 Å². The highest BCUT2D eigenvalue weighted by Crippen LogP contribution is 2.37. The molecule has 0 bridgehead atoms. The lowest BCUT2D eigenvalue weighted by atomic mass is 9.75. The van der Waals surface area contributed by atoms with Gasteiger partial charge in [-0.25, -0.2) is 0 Å². The van der Waals surface area contributed by atoms with E-state index in [-0.39, 0.29) is 17.4 Å². The maximum atomic E-state index is 13.1. The van der Waals surface area contributed by atoms with Gasteiger partial charge in [0.05, 0.1) is 11.5 Å². The number of nitrogens with one attached hydrogen (secondary N) is 1. The van der Waals surface area contributed by atoms with Crippen molar-refractivity contribution in [3.63, 3.8) is 0 Å². The molecule has 0 spiro atoms. The summed E-state index contributed by atoms with van der Waals surface area (Å²) in [6, 6.07) is 7.78. The predicted molar refractivity (Wildman–Crippen MR) is 87.4 cm³/mol. The van der Waals surface area contributed by atoms with Crippen molar-refractivity contribution < 1.29 is 4.79 Å². The van der Waals surface area contributed by atoms with Crippen LogP contribution in [0.4, 0.5) is 0 Å². The van der Waals surface area contributed by atoms with E-state index in [4.69, 9.17) is 11.6 Å². The third-order valence-corrected chi connectivity index (χ3v) is 5.23. The highest BCUT2D eigenvalue weighted by Gasteiger charge is 2.46. The fourth-order valence-corrected chi connectivity index (χ4v) is 3.25. The Bertz CT molecular complexity index is 492. The molecule has 1 N–H and O–H groups in total. The Morgan fingerprint density at radius 2 is 1.90 bits per heavy atom. The number of amides is 1. The van der Waals surface area contributed by atoms with E-state index in [1.54, 1.807) is 0 Å². The number of carbonyl (C=O) groups is 1. The Kier molecular flexibility index (Phi) is 4.95. The maximum Gasteiger partial charge on any atom is 0.230 e. The van der Waals surface area contributed by atoms with E-state index >= 15 is 0 Å². The first kappa shape index (κ1) is 16.3. The molecule has 2 rings (SSSR count). The smallest absolute Gasteiger partial charge is 0.230 e. The average molecular weight is 309 g/mol. The number of rotatable bonds is 4. The van der Waals surface area contributed by atoms with Crippen molar-refractivity contribution in [2.45, 2.75) is 33.2 Å². The molecule has 0 aromatic heterocycles. The lowest BCUT2D eigenvalue weighted by molar-refractivity contribution is -0.144. The molecule has 1 amide bonds. The molecule has 2 atom stereocenters. The van der Waals surface area contributed by atoms with Crippen LogP contribution in [-0.4, -0.2) is 30.9 Å². The molecule has 1 saturated heterocycles. The summed E-state index contributed by atoms with van der Waals surface area (Å²) in [5.74, 6) is 0.574. The molecule has 21 heavy (non-hydrogen) atoms. The molecule has 0 aliphatic carbocycles. The van der Waals surface area contributed by atoms with Gasteiger partial charge in [0.25, 0.3) is 0 Å². The topological polar surface area (TPSA) is 32.3 Å². The van der Waals surface area contributed by atoms with Gasteiger partial charge >= 0.3 is 0 Å². The molecule has 2 unspecified atom stereocenters. The third kappa shape index (κ3) is 3.09. The maximum absolute atomic E-state index is 13.1. The largest absolute Gasteiger partial charge is 0.338 e. The van der Waals surface area contributed by atoms with E-state index in [0.717, 1.165) is 30.1 Å². The number of benzene rings is 1. The van der Waals surface area contributed by atoms with Crippen LogP contribution in [0.3, 0.4) is 0 Å². The van der Waals surface area contributed by atoms with Crippen molar-refractivity contribution in [2.24, 2.45) is 11.3 Å². The first-order valence-electron chi connectivity index (χ1n) is 7.62. The Labute approximate surface area is 132 Å². The summed E-state index contributed by atoms with van der Waals surface area (Å²) >= 11 is 5.94. The third-order valence-electron chi connectivity index (χ3n) is 4.97. The molecule has 116 valence electrons. The van der Waals surface area contributed by atoms with E-state index in [1.807, 2.05) is 36.2 Å². The molecule has 1 aliphatic heterocycles. The van der Waals surface area contributed by atoms with Gasteiger partial charge in [-0.3, -0.25) is 4.79 Å². The molecule has 3 nitrogen and oxygen atoms in total. The second-order valence-corrected chi connectivity index (χ2v) is 6.82. The molecule has 4 heteroatoms. The number of carbonyl (C=O) groups excluding carboxylic acids is 1. The molecule has 1 aromatic rings. The molecule has 1 fully saturated rings. The zero-order valence-corrected chi connectivity index (χ0v) is 14.1. The Morgan fingerprint density at radius 1 is 1.29 bits per heavy atom. The van der Waals surface area contributed by atoms with Crippen LogP contribution in [0.5, 0.6) is 0 Å². The summed E-state index contributed by atoms with van der Waals surface area (Å²) in [6.07, 6.45) is 0.918. The van der Waals surface area contributed by atoms with E-state index < -0.39 is 0 Å². The highest BCUT2D eigenvalue weighted by atomic mass is 35.5. The fraction of sp³-hybridized carbons (Fsp3) is 0.588. The summed E-state index contributed by atoms with van der Waals surface area (Å²) in [5, 5.41) is 4.07. The second-order valence-electron chi connectivity index (χ2n) is 6.38. The van der Waals surface area contributed by atoms with Crippen molar-refractivity contribution in [2.75, 3.05) is 20.1 Å². The first-order chi connectivity index (χ1) is 9.88. The fourth-order valence-electron chi connectivity index (χ4n) is 3.13. The van der Waals surface area contributed by atoms with E-state index in [0.29, 0.717) is 5.92 Å². The van der Waals surface area contributed by atoms with Crippen LogP contribution in [-0.2, 0) is 4.79 Å². The van der Waals surface area contributed by atoms with Crippen molar-refractivity contribution >= 4 is 17.5 Å². The Balaban J connectivity index is 2.19. The second kappa shape index (κ2) is 6.37. The summed E-state index contributed by atoms with van der Waals surface area (Å²) < 4.78 is 0. The van der Waals surface area contributed by atoms with Gasteiger partial charge in [-0.15, -0.1) is 0 Å². The molecule has 1 aliphatic rings. The Morgan fingerprint density at radius 3 is 2.38 bits per heavy atom. The van der Waals surface area contributed by atoms with Gasteiger partial charge in [-0.05, 0) is 43.5 Å². The van der Waals surface area contributed by atoms with E-state index in [1.165, 1.54) is 0 Å². The zero-order valence-electron chi connectivity index (χ0n) is 13.3. The minimum Gasteiger partial charge on any atom is -0.338 e. The van der Waals surface area contributed by atoms with Crippen LogP contribution in [0.25, 0.3) is 0 Å². The molecule has 0 radical (unpaired) electrons. The zero-order chi connectivity index (χ0) is 15.6. The molecular weight excluding hydrogens is 284 g/mol. The molecule has 1 aromatic carbocycles. The monoisotopic (exact) mass is 308 g/mol. The summed E-state index contributed by atoms with van der Waals surface area (Å²) in [5.41, 5.74) is 0.843. The van der Waals surface area contributed by atoms with Crippen molar-refractivity contribution in [3.05, 3.63) is 34.9 Å². The number of hydrogen-bond donors (Lipinski definition) is 1. The van der Waals surface area contributed by atoms with Gasteiger partial charge in [0.15, 0.2) is 0 Å². The van der Waals surface area contributed by atoms with Gasteiger partial charge in [-0.2, -0.15) is 0 Å². The highest BCUT2D eigenvalue weighted by molar-refractivity contribution is 6.30. The number of hydrogen-bond acceptors (Lipinski definition) is 2. The van der Waals surface area contributed by atoms with Crippen LogP contribution in [0.2, 0.25) is 5.02 Å². The quantitative estimate of drug-likeness (QED) is 0.923. The van der Waals surface area contributed by atoms with E-state index in [9.17, 15) is 4.79 Å². The number of nitrogens with zero attached hydrogens (tertiary/aromatic N) is 1. The lowest BCUT2D eigenvalue weighted by Gasteiger charge is -2.37. The van der Waals surface area contributed by atoms with Gasteiger partial charge in [-0.1, -0.05) is 37.6 Å². The number of halogens is 1. The minimum atomic E-state index is -0.268. The van der Waals surface area contributed by atoms with Gasteiger partial charge in [0, 0.05) is 18.6 Å². The lowest BCUT2D eigenvalue weighted by Crippen LogP contribution is -2.47.